The van der Waals surface area contributed by atoms with Gasteiger partial charge in [-0.25, -0.2) is 0 Å². The molecule has 0 aromatic heterocycles. The van der Waals surface area contributed by atoms with Crippen molar-refractivity contribution in [2.24, 2.45) is 5.41 Å². The summed E-state index contributed by atoms with van der Waals surface area (Å²) < 4.78 is 8.74. The van der Waals surface area contributed by atoms with E-state index < -0.39 is 5.97 Å². The van der Waals surface area contributed by atoms with Crippen LogP contribution in [0.5, 0.6) is 5.75 Å². The van der Waals surface area contributed by atoms with Crippen molar-refractivity contribution < 1.29 is 14.6 Å². The molecule has 1 atom stereocenters. The summed E-state index contributed by atoms with van der Waals surface area (Å²) in [6, 6.07) is 7.68. The van der Waals surface area contributed by atoms with Crippen molar-refractivity contribution in [2.45, 2.75) is 50.9 Å². The number of hydrogen-bond acceptors (Lipinski definition) is 2. The van der Waals surface area contributed by atoms with Crippen LogP contribution in [0.15, 0.2) is 35.9 Å². The molecule has 4 heteroatoms. The highest BCUT2D eigenvalue weighted by molar-refractivity contribution is 14.1. The van der Waals surface area contributed by atoms with Crippen molar-refractivity contribution in [1.82, 2.24) is 0 Å². The number of allylic oxidation sites excluding steroid dienone is 1. The molecule has 0 saturated heterocycles. The van der Waals surface area contributed by atoms with Gasteiger partial charge in [0.05, 0.1) is 12.3 Å². The lowest BCUT2D eigenvalue weighted by Gasteiger charge is -2.18. The van der Waals surface area contributed by atoms with Crippen LogP contribution in [-0.4, -0.2) is 17.7 Å². The number of benzene rings is 1. The molecule has 1 fully saturated rings. The van der Waals surface area contributed by atoms with Gasteiger partial charge in [-0.3, -0.25) is 4.79 Å². The number of carbonyl (C=O) groups is 1. The third-order valence-corrected chi connectivity index (χ3v) is 5.68. The van der Waals surface area contributed by atoms with Crippen LogP contribution in [0.2, 0.25) is 0 Å². The number of hydrogen-bond donors (Lipinski definition) is 1. The molecule has 3 rings (SSSR count). The first-order valence-corrected chi connectivity index (χ1v) is 9.94. The lowest BCUT2D eigenvalue weighted by Crippen LogP contribution is -2.07. The minimum Gasteiger partial charge on any atom is -0.489 e. The molecule has 0 radical (unpaired) electrons. The molecule has 2 aliphatic rings. The van der Waals surface area contributed by atoms with E-state index in [0.717, 1.165) is 17.7 Å². The van der Waals surface area contributed by atoms with Crippen LogP contribution >= 0.6 is 22.6 Å². The first-order chi connectivity index (χ1) is 12.1. The van der Waals surface area contributed by atoms with Crippen LogP contribution in [-0.2, 0) is 4.79 Å². The highest BCUT2D eigenvalue weighted by atomic mass is 127. The van der Waals surface area contributed by atoms with E-state index in [4.69, 9.17) is 9.84 Å². The van der Waals surface area contributed by atoms with Crippen LogP contribution in [0.1, 0.15) is 56.4 Å². The molecule has 0 aliphatic heterocycles. The van der Waals surface area contributed by atoms with Crippen molar-refractivity contribution in [3.63, 3.8) is 0 Å². The molecular weight excluding hydrogens is 427 g/mol. The molecule has 0 bridgehead atoms. The highest BCUT2D eigenvalue weighted by Crippen LogP contribution is 2.48. The van der Waals surface area contributed by atoms with Crippen molar-refractivity contribution in [3.05, 3.63) is 41.5 Å². The first kappa shape index (κ1) is 18.3. The average molecular weight is 450 g/mol. The smallest absolute Gasteiger partial charge is 0.304 e. The van der Waals surface area contributed by atoms with Gasteiger partial charge in [0.2, 0.25) is 0 Å². The molecule has 132 valence electrons. The Labute approximate surface area is 163 Å². The molecule has 0 heterocycles. The number of ether oxygens (including phenoxy) is 1. The van der Waals surface area contributed by atoms with Crippen LogP contribution in [0.3, 0.4) is 0 Å². The topological polar surface area (TPSA) is 46.5 Å². The molecular formula is C21H23IO3. The second-order valence-corrected chi connectivity index (χ2v) is 7.66. The van der Waals surface area contributed by atoms with Gasteiger partial charge in [0, 0.05) is 22.6 Å². The molecule has 25 heavy (non-hydrogen) atoms. The van der Waals surface area contributed by atoms with E-state index in [2.05, 4.69) is 15.9 Å². The Balaban J connectivity index is 1.59. The largest absolute Gasteiger partial charge is 0.489 e. The monoisotopic (exact) mass is 450 g/mol. The molecule has 1 N–H and O–H groups in total. The van der Waals surface area contributed by atoms with Crippen LogP contribution in [0.25, 0.3) is 0 Å². The van der Waals surface area contributed by atoms with Gasteiger partial charge in [-0.05, 0) is 58.3 Å². The Hall–Kier alpha value is -1.48. The normalized spacial score (nSPS) is 19.2. The fourth-order valence-corrected chi connectivity index (χ4v) is 4.42. The summed E-state index contributed by atoms with van der Waals surface area (Å²) in [5.74, 6) is 2.68. The van der Waals surface area contributed by atoms with E-state index in [1.165, 1.54) is 37.7 Å². The van der Waals surface area contributed by atoms with Gasteiger partial charge in [0.25, 0.3) is 0 Å². The summed E-state index contributed by atoms with van der Waals surface area (Å²) >= 11 is 1.95. The average Bonchev–Trinajstić information content (AvgIpc) is 3.23. The molecule has 3 nitrogen and oxygen atoms in total. The zero-order valence-electron chi connectivity index (χ0n) is 14.3. The predicted octanol–water partition coefficient (Wildman–Crippen LogP) is 5.30. The molecule has 1 saturated carbocycles. The van der Waals surface area contributed by atoms with Gasteiger partial charge in [0.15, 0.2) is 0 Å². The minimum atomic E-state index is -0.835. The van der Waals surface area contributed by atoms with Crippen molar-refractivity contribution in [1.29, 1.82) is 0 Å². The fraction of sp³-hybridized carbons (Fsp3) is 0.476. The molecule has 0 amide bonds. The Kier molecular flexibility index (Phi) is 6.06. The van der Waals surface area contributed by atoms with E-state index in [9.17, 15) is 4.79 Å². The maximum Gasteiger partial charge on any atom is 0.304 e. The molecule has 0 unspecified atom stereocenters. The highest BCUT2D eigenvalue weighted by Gasteiger charge is 2.35. The Morgan fingerprint density at radius 2 is 1.96 bits per heavy atom. The van der Waals surface area contributed by atoms with E-state index in [1.807, 2.05) is 46.9 Å². The lowest BCUT2D eigenvalue weighted by molar-refractivity contribution is -0.137. The Morgan fingerprint density at radius 3 is 2.60 bits per heavy atom. The van der Waals surface area contributed by atoms with Gasteiger partial charge in [0.1, 0.15) is 12.4 Å². The zero-order valence-corrected chi connectivity index (χ0v) is 16.4. The number of carboxylic acid groups (broad SMARTS) is 1. The Bertz CT molecular complexity index is 703. The molecule has 2 aliphatic carbocycles. The van der Waals surface area contributed by atoms with E-state index >= 15 is 0 Å². The zero-order chi connectivity index (χ0) is 17.7. The van der Waals surface area contributed by atoms with Gasteiger partial charge < -0.3 is 9.84 Å². The van der Waals surface area contributed by atoms with Gasteiger partial charge >= 0.3 is 5.97 Å². The molecule has 1 spiro atoms. The van der Waals surface area contributed by atoms with Crippen LogP contribution in [0.4, 0.5) is 0 Å². The summed E-state index contributed by atoms with van der Waals surface area (Å²) in [4.78, 5) is 11.0. The maximum absolute atomic E-state index is 11.0. The van der Waals surface area contributed by atoms with Crippen molar-refractivity contribution in [2.75, 3.05) is 6.61 Å². The quantitative estimate of drug-likeness (QED) is 0.364. The number of rotatable bonds is 6. The lowest BCUT2D eigenvalue weighted by atomic mass is 9.86. The van der Waals surface area contributed by atoms with Gasteiger partial charge in [-0.2, -0.15) is 0 Å². The summed E-state index contributed by atoms with van der Waals surface area (Å²) in [5, 5.41) is 9.02. The summed E-state index contributed by atoms with van der Waals surface area (Å²) in [5.41, 5.74) is 2.82. The number of carboxylic acids is 1. The third kappa shape index (κ3) is 4.78. The number of aliphatic carboxylic acids is 1. The van der Waals surface area contributed by atoms with Crippen molar-refractivity contribution >= 4 is 28.6 Å². The molecule has 1 aromatic rings. The first-order valence-electron chi connectivity index (χ1n) is 8.87. The number of halogens is 1. The second-order valence-electron chi connectivity index (χ2n) is 7.12. The van der Waals surface area contributed by atoms with E-state index in [0.29, 0.717) is 12.0 Å². The van der Waals surface area contributed by atoms with Gasteiger partial charge in [-0.15, -0.1) is 0 Å². The maximum atomic E-state index is 11.0. The minimum absolute atomic E-state index is 0.0190. The van der Waals surface area contributed by atoms with Crippen LogP contribution in [0, 0.1) is 15.3 Å². The van der Waals surface area contributed by atoms with Gasteiger partial charge in [-0.1, -0.05) is 37.0 Å². The van der Waals surface area contributed by atoms with Crippen LogP contribution < -0.4 is 4.74 Å². The SMILES string of the molecule is O=C(O)C[C@H](C#CI)c1ccc(OCC2=CC3(CCCC3)CC2)cc1. The predicted molar refractivity (Wildman–Crippen MR) is 107 cm³/mol. The third-order valence-electron chi connectivity index (χ3n) is 5.37. The summed E-state index contributed by atoms with van der Waals surface area (Å²) in [7, 11) is 0. The second kappa shape index (κ2) is 8.27. The standard InChI is InChI=1S/C21H23IO3/c22-12-8-18(13-20(23)24)17-3-5-19(6-4-17)25-15-16-7-11-21(14-16)9-1-2-10-21/h3-6,14,18H,1-2,7,9-11,13,15H2,(H,23,24)/t18-/m0/s1. The van der Waals surface area contributed by atoms with Crippen molar-refractivity contribution in [3.8, 4) is 15.6 Å². The van der Waals surface area contributed by atoms with E-state index in [1.54, 1.807) is 0 Å². The van der Waals surface area contributed by atoms with E-state index in [-0.39, 0.29) is 12.3 Å². The molecule has 1 aromatic carbocycles. The summed E-state index contributed by atoms with van der Waals surface area (Å²) in [6.07, 6.45) is 10.4. The fourth-order valence-electron chi connectivity index (χ4n) is 4.04. The summed E-state index contributed by atoms with van der Waals surface area (Å²) in [6.45, 7) is 0.660. The Morgan fingerprint density at radius 1 is 1.24 bits per heavy atom.